The van der Waals surface area contributed by atoms with E-state index in [1.807, 2.05) is 12.4 Å². The topological polar surface area (TPSA) is 24.9 Å². The smallest absolute Gasteiger partial charge is 0.0300 e. The molecule has 2 heteroatoms. The van der Waals surface area contributed by atoms with E-state index in [1.54, 1.807) is 0 Å². The summed E-state index contributed by atoms with van der Waals surface area (Å²) in [5.41, 5.74) is 3.32. The minimum atomic E-state index is 0.607. The van der Waals surface area contributed by atoms with Gasteiger partial charge in [-0.05, 0) is 92.7 Å². The fourth-order valence-corrected chi connectivity index (χ4v) is 5.89. The van der Waals surface area contributed by atoms with Crippen molar-refractivity contribution in [2.75, 3.05) is 0 Å². The molecule has 1 atom stereocenters. The average molecular weight is 284 g/mol. The molecular weight excluding hydrogens is 256 g/mol. The number of hydrogen-bond acceptors (Lipinski definition) is 2. The van der Waals surface area contributed by atoms with Crippen molar-refractivity contribution in [3.8, 4) is 0 Å². The van der Waals surface area contributed by atoms with Crippen LogP contribution in [0.25, 0.3) is 0 Å². The molecule has 4 fully saturated rings. The predicted molar refractivity (Wildman–Crippen MR) is 85.9 cm³/mol. The molecule has 1 heterocycles. The molecule has 0 aliphatic heterocycles. The monoisotopic (exact) mass is 284 g/mol. The summed E-state index contributed by atoms with van der Waals surface area (Å²) in [6.45, 7) is 5.61. The molecule has 5 rings (SSSR count). The van der Waals surface area contributed by atoms with Crippen molar-refractivity contribution in [2.45, 2.75) is 65.0 Å². The molecule has 1 aromatic rings. The van der Waals surface area contributed by atoms with Crippen molar-refractivity contribution in [1.29, 1.82) is 0 Å². The first-order chi connectivity index (χ1) is 10.1. The van der Waals surface area contributed by atoms with Gasteiger partial charge in [0.1, 0.15) is 0 Å². The summed E-state index contributed by atoms with van der Waals surface area (Å²) in [5.74, 6) is 3.13. The third kappa shape index (κ3) is 2.42. The van der Waals surface area contributed by atoms with E-state index in [2.05, 4.69) is 30.2 Å². The Morgan fingerprint density at radius 2 is 1.81 bits per heavy atom. The molecule has 0 saturated heterocycles. The molecule has 4 saturated carbocycles. The number of aryl methyl sites for hydroxylation is 1. The van der Waals surface area contributed by atoms with E-state index in [1.165, 1.54) is 49.7 Å². The third-order valence-corrected chi connectivity index (χ3v) is 6.74. The molecule has 0 spiro atoms. The first-order valence-electron chi connectivity index (χ1n) is 8.77. The maximum atomic E-state index is 4.20. The van der Waals surface area contributed by atoms with Crippen LogP contribution in [0.4, 0.5) is 0 Å². The lowest BCUT2D eigenvalue weighted by atomic mass is 9.48. The van der Waals surface area contributed by atoms with Gasteiger partial charge in [0, 0.05) is 25.0 Å². The lowest BCUT2D eigenvalue weighted by Crippen LogP contribution is -2.54. The maximum Gasteiger partial charge on any atom is 0.0300 e. The molecule has 0 aromatic carbocycles. The molecule has 4 aliphatic rings. The minimum absolute atomic E-state index is 0.607. The predicted octanol–water partition coefficient (Wildman–Crippen LogP) is 4.08. The van der Waals surface area contributed by atoms with Gasteiger partial charge in [-0.2, -0.15) is 0 Å². The summed E-state index contributed by atoms with van der Waals surface area (Å²) in [4.78, 5) is 4.20. The van der Waals surface area contributed by atoms with E-state index >= 15 is 0 Å². The van der Waals surface area contributed by atoms with Gasteiger partial charge in [-0.1, -0.05) is 0 Å². The zero-order chi connectivity index (χ0) is 14.4. The van der Waals surface area contributed by atoms with Gasteiger partial charge in [0.2, 0.25) is 0 Å². The third-order valence-electron chi connectivity index (χ3n) is 6.74. The van der Waals surface area contributed by atoms with Crippen LogP contribution >= 0.6 is 0 Å². The van der Waals surface area contributed by atoms with E-state index in [9.17, 15) is 0 Å². The van der Waals surface area contributed by atoms with Crippen LogP contribution in [0.15, 0.2) is 18.5 Å². The first kappa shape index (κ1) is 13.8. The Labute approximate surface area is 128 Å². The number of pyridine rings is 1. The van der Waals surface area contributed by atoms with Crippen molar-refractivity contribution in [3.05, 3.63) is 29.6 Å². The quantitative estimate of drug-likeness (QED) is 0.901. The Bertz CT molecular complexity index is 487. The molecule has 21 heavy (non-hydrogen) atoms. The van der Waals surface area contributed by atoms with Crippen molar-refractivity contribution < 1.29 is 0 Å². The van der Waals surface area contributed by atoms with E-state index in [-0.39, 0.29) is 0 Å². The highest BCUT2D eigenvalue weighted by Crippen LogP contribution is 2.61. The fourth-order valence-electron chi connectivity index (χ4n) is 5.89. The molecule has 0 amide bonds. The number of nitrogens with one attached hydrogen (secondary N) is 1. The molecule has 0 radical (unpaired) electrons. The minimum Gasteiger partial charge on any atom is -0.310 e. The van der Waals surface area contributed by atoms with Crippen LogP contribution in [0.2, 0.25) is 0 Å². The van der Waals surface area contributed by atoms with Crippen LogP contribution in [-0.4, -0.2) is 11.0 Å². The van der Waals surface area contributed by atoms with Crippen LogP contribution in [0.3, 0.4) is 0 Å². The number of aromatic nitrogens is 1. The summed E-state index contributed by atoms with van der Waals surface area (Å²) >= 11 is 0. The van der Waals surface area contributed by atoms with E-state index in [4.69, 9.17) is 0 Å². The second-order valence-corrected chi connectivity index (χ2v) is 8.18. The summed E-state index contributed by atoms with van der Waals surface area (Å²) in [6, 6.07) is 2.81. The van der Waals surface area contributed by atoms with Gasteiger partial charge >= 0.3 is 0 Å². The van der Waals surface area contributed by atoms with Crippen LogP contribution in [-0.2, 0) is 6.54 Å². The van der Waals surface area contributed by atoms with Crippen molar-refractivity contribution in [2.24, 2.45) is 23.2 Å². The zero-order valence-corrected chi connectivity index (χ0v) is 13.4. The van der Waals surface area contributed by atoms with Gasteiger partial charge in [0.25, 0.3) is 0 Å². The van der Waals surface area contributed by atoms with Crippen LogP contribution in [0.1, 0.15) is 56.6 Å². The molecule has 2 nitrogen and oxygen atoms in total. The van der Waals surface area contributed by atoms with E-state index < -0.39 is 0 Å². The lowest BCUT2D eigenvalue weighted by molar-refractivity contribution is -0.0706. The fraction of sp³-hybridized carbons (Fsp3) is 0.737. The molecule has 4 aliphatic carbocycles. The maximum absolute atomic E-state index is 4.20. The Balaban J connectivity index is 1.45. The Hall–Kier alpha value is -0.890. The summed E-state index contributed by atoms with van der Waals surface area (Å²) in [6.07, 6.45) is 13.0. The van der Waals surface area contributed by atoms with Crippen molar-refractivity contribution >= 4 is 0 Å². The van der Waals surface area contributed by atoms with Crippen LogP contribution in [0, 0.1) is 30.1 Å². The first-order valence-corrected chi connectivity index (χ1v) is 8.77. The highest BCUT2D eigenvalue weighted by Gasteiger charge is 2.52. The summed E-state index contributed by atoms with van der Waals surface area (Å²) in [7, 11) is 0. The highest BCUT2D eigenvalue weighted by molar-refractivity contribution is 5.21. The van der Waals surface area contributed by atoms with Gasteiger partial charge in [-0.15, -0.1) is 0 Å². The Morgan fingerprint density at radius 1 is 1.19 bits per heavy atom. The normalized spacial score (nSPS) is 38.7. The van der Waals surface area contributed by atoms with E-state index in [0.717, 1.165) is 24.3 Å². The molecule has 1 N–H and O–H groups in total. The average Bonchev–Trinajstić information content (AvgIpc) is 2.44. The molecule has 4 bridgehead atoms. The molecule has 114 valence electrons. The molecule has 1 aromatic heterocycles. The largest absolute Gasteiger partial charge is 0.310 e. The van der Waals surface area contributed by atoms with Crippen LogP contribution < -0.4 is 5.32 Å². The second-order valence-electron chi connectivity index (χ2n) is 8.18. The second kappa shape index (κ2) is 5.08. The van der Waals surface area contributed by atoms with Gasteiger partial charge in [0.15, 0.2) is 0 Å². The zero-order valence-electron chi connectivity index (χ0n) is 13.4. The summed E-state index contributed by atoms with van der Waals surface area (Å²) < 4.78 is 0. The van der Waals surface area contributed by atoms with Gasteiger partial charge in [-0.25, -0.2) is 0 Å². The van der Waals surface area contributed by atoms with E-state index in [0.29, 0.717) is 11.5 Å². The standard InChI is InChI=1S/C19H28N2/c1-13-11-20-4-3-18(13)12-21-14(2)19-8-15-5-16(9-19)7-17(6-15)10-19/h3-4,11,14-17,21H,5-10,12H2,1-2H3. The number of rotatable bonds is 4. The van der Waals surface area contributed by atoms with Crippen molar-refractivity contribution in [3.63, 3.8) is 0 Å². The Kier molecular flexibility index (Phi) is 3.33. The van der Waals surface area contributed by atoms with Gasteiger partial charge in [0.05, 0.1) is 0 Å². The number of hydrogen-bond donors (Lipinski definition) is 1. The SMILES string of the molecule is Cc1cnccc1CNC(C)C12CC3CC(CC(C3)C1)C2. The van der Waals surface area contributed by atoms with Gasteiger partial charge < -0.3 is 5.32 Å². The number of nitrogens with zero attached hydrogens (tertiary/aromatic N) is 1. The molecular formula is C19H28N2. The highest BCUT2D eigenvalue weighted by atomic mass is 14.9. The van der Waals surface area contributed by atoms with Crippen molar-refractivity contribution in [1.82, 2.24) is 10.3 Å². The summed E-state index contributed by atoms with van der Waals surface area (Å²) in [5, 5.41) is 3.87. The van der Waals surface area contributed by atoms with Gasteiger partial charge in [-0.3, -0.25) is 4.98 Å². The molecule has 1 unspecified atom stereocenters. The van der Waals surface area contributed by atoms with Crippen LogP contribution in [0.5, 0.6) is 0 Å². The Morgan fingerprint density at radius 3 is 2.38 bits per heavy atom. The lowest BCUT2D eigenvalue weighted by Gasteiger charge is -2.59.